The summed E-state index contributed by atoms with van der Waals surface area (Å²) in [5.74, 6) is -0.519. The van der Waals surface area contributed by atoms with Crippen LogP contribution in [0, 0.1) is 6.92 Å². The molecule has 21 heavy (non-hydrogen) atoms. The number of nitrogens with one attached hydrogen (secondary N) is 2. The van der Waals surface area contributed by atoms with E-state index in [4.69, 9.17) is 5.73 Å². The normalized spacial score (nSPS) is 9.95. The molecule has 0 spiro atoms. The number of nitrogens with two attached hydrogens (primary N) is 1. The molecular weight excluding hydrogens is 266 g/mol. The second kappa shape index (κ2) is 6.56. The molecule has 0 radical (unpaired) electrons. The summed E-state index contributed by atoms with van der Waals surface area (Å²) in [5, 5.41) is 4.89. The number of benzene rings is 2. The van der Waals surface area contributed by atoms with Gasteiger partial charge in [-0.15, -0.1) is 0 Å². The van der Waals surface area contributed by atoms with Crippen LogP contribution in [0.2, 0.25) is 0 Å². The number of aryl methyl sites for hydroxylation is 1. The van der Waals surface area contributed by atoms with Gasteiger partial charge in [0.15, 0.2) is 0 Å². The summed E-state index contributed by atoms with van der Waals surface area (Å²) in [6.07, 6.45) is 0. The van der Waals surface area contributed by atoms with E-state index in [0.717, 1.165) is 11.1 Å². The van der Waals surface area contributed by atoms with E-state index in [1.54, 1.807) is 24.3 Å². The zero-order valence-corrected chi connectivity index (χ0v) is 11.7. The highest BCUT2D eigenvalue weighted by Crippen LogP contribution is 2.09. The van der Waals surface area contributed by atoms with Crippen molar-refractivity contribution in [3.05, 3.63) is 65.2 Å². The zero-order chi connectivity index (χ0) is 15.2. The van der Waals surface area contributed by atoms with Crippen LogP contribution in [0.25, 0.3) is 0 Å². The molecule has 108 valence electrons. The molecule has 5 nitrogen and oxygen atoms in total. The lowest BCUT2D eigenvalue weighted by Gasteiger charge is -2.08. The number of carbonyl (C=O) groups excluding carboxylic acids is 2. The van der Waals surface area contributed by atoms with Gasteiger partial charge in [-0.05, 0) is 24.6 Å². The van der Waals surface area contributed by atoms with Crippen LogP contribution in [0.15, 0.2) is 48.5 Å². The SMILES string of the molecule is Cc1cccc(CNC(=O)NC(=O)c2ccccc2N)c1. The first-order valence-electron chi connectivity index (χ1n) is 6.55. The number of amides is 3. The minimum atomic E-state index is -0.551. The van der Waals surface area contributed by atoms with Gasteiger partial charge in [0.2, 0.25) is 0 Å². The fourth-order valence-corrected chi connectivity index (χ4v) is 1.92. The van der Waals surface area contributed by atoms with Crippen LogP contribution in [0.1, 0.15) is 21.5 Å². The quantitative estimate of drug-likeness (QED) is 0.755. The Balaban J connectivity index is 1.90. The Bertz CT molecular complexity index is 668. The molecule has 0 saturated carbocycles. The lowest BCUT2D eigenvalue weighted by atomic mass is 10.1. The van der Waals surface area contributed by atoms with Gasteiger partial charge in [-0.3, -0.25) is 10.1 Å². The van der Waals surface area contributed by atoms with E-state index >= 15 is 0 Å². The Hall–Kier alpha value is -2.82. The fraction of sp³-hybridized carbons (Fsp3) is 0.125. The summed E-state index contributed by atoms with van der Waals surface area (Å²) in [7, 11) is 0. The van der Waals surface area contributed by atoms with Gasteiger partial charge in [0.05, 0.1) is 5.56 Å². The molecule has 0 fully saturated rings. The van der Waals surface area contributed by atoms with Crippen LogP contribution in [0.4, 0.5) is 10.5 Å². The van der Waals surface area contributed by atoms with Crippen LogP contribution in [-0.2, 0) is 6.54 Å². The van der Waals surface area contributed by atoms with Crippen LogP contribution >= 0.6 is 0 Å². The Labute approximate surface area is 123 Å². The van der Waals surface area contributed by atoms with E-state index < -0.39 is 11.9 Å². The Morgan fingerprint density at radius 1 is 1.10 bits per heavy atom. The number of hydrogen-bond donors (Lipinski definition) is 3. The predicted molar refractivity (Wildman–Crippen MR) is 81.7 cm³/mol. The van der Waals surface area contributed by atoms with Crippen molar-refractivity contribution in [3.63, 3.8) is 0 Å². The molecule has 0 aromatic heterocycles. The van der Waals surface area contributed by atoms with Crippen LogP contribution in [0.3, 0.4) is 0 Å². The molecular formula is C16H17N3O2. The molecule has 0 heterocycles. The summed E-state index contributed by atoms with van der Waals surface area (Å²) < 4.78 is 0. The number of nitrogen functional groups attached to an aromatic ring is 1. The molecule has 0 unspecified atom stereocenters. The maximum Gasteiger partial charge on any atom is 0.321 e. The molecule has 0 aliphatic carbocycles. The zero-order valence-electron chi connectivity index (χ0n) is 11.7. The van der Waals surface area contributed by atoms with E-state index in [-0.39, 0.29) is 5.56 Å². The molecule has 4 N–H and O–H groups in total. The van der Waals surface area contributed by atoms with Gasteiger partial charge in [0, 0.05) is 12.2 Å². The molecule has 0 bridgehead atoms. The number of urea groups is 1. The Morgan fingerprint density at radius 2 is 1.86 bits per heavy atom. The monoisotopic (exact) mass is 283 g/mol. The molecule has 2 aromatic rings. The first-order chi connectivity index (χ1) is 10.1. The Kier molecular flexibility index (Phi) is 4.56. The third-order valence-electron chi connectivity index (χ3n) is 2.97. The topological polar surface area (TPSA) is 84.2 Å². The van der Waals surface area contributed by atoms with Gasteiger partial charge in [0.1, 0.15) is 0 Å². The van der Waals surface area contributed by atoms with Gasteiger partial charge in [-0.2, -0.15) is 0 Å². The number of anilines is 1. The summed E-state index contributed by atoms with van der Waals surface area (Å²) in [5.41, 5.74) is 8.38. The van der Waals surface area contributed by atoms with Gasteiger partial charge in [-0.25, -0.2) is 4.79 Å². The molecule has 0 atom stereocenters. The first kappa shape index (κ1) is 14.6. The van der Waals surface area contributed by atoms with Gasteiger partial charge >= 0.3 is 6.03 Å². The third-order valence-corrected chi connectivity index (χ3v) is 2.97. The van der Waals surface area contributed by atoms with Crippen LogP contribution < -0.4 is 16.4 Å². The Morgan fingerprint density at radius 3 is 2.57 bits per heavy atom. The van der Waals surface area contributed by atoms with E-state index in [9.17, 15) is 9.59 Å². The van der Waals surface area contributed by atoms with E-state index in [1.165, 1.54) is 0 Å². The largest absolute Gasteiger partial charge is 0.398 e. The summed E-state index contributed by atoms with van der Waals surface area (Å²) in [6, 6.07) is 13.8. The van der Waals surface area contributed by atoms with Crippen molar-refractivity contribution in [2.45, 2.75) is 13.5 Å². The second-order valence-corrected chi connectivity index (χ2v) is 4.71. The van der Waals surface area contributed by atoms with Gasteiger partial charge < -0.3 is 11.1 Å². The molecule has 0 saturated heterocycles. The van der Waals surface area contributed by atoms with Crippen molar-refractivity contribution in [2.75, 3.05) is 5.73 Å². The van der Waals surface area contributed by atoms with Crippen molar-refractivity contribution in [1.29, 1.82) is 0 Å². The number of para-hydroxylation sites is 1. The predicted octanol–water partition coefficient (Wildman–Crippen LogP) is 2.22. The van der Waals surface area contributed by atoms with Crippen molar-refractivity contribution < 1.29 is 9.59 Å². The van der Waals surface area contributed by atoms with Gasteiger partial charge in [0.25, 0.3) is 5.91 Å². The maximum atomic E-state index is 11.9. The number of hydrogen-bond acceptors (Lipinski definition) is 3. The van der Waals surface area contributed by atoms with Crippen molar-refractivity contribution >= 4 is 17.6 Å². The van der Waals surface area contributed by atoms with Crippen LogP contribution in [-0.4, -0.2) is 11.9 Å². The number of carbonyl (C=O) groups is 2. The minimum Gasteiger partial charge on any atom is -0.398 e. The second-order valence-electron chi connectivity index (χ2n) is 4.71. The first-order valence-corrected chi connectivity index (χ1v) is 6.55. The summed E-state index contributed by atoms with van der Waals surface area (Å²) in [4.78, 5) is 23.6. The fourth-order valence-electron chi connectivity index (χ4n) is 1.92. The molecule has 2 aromatic carbocycles. The highest BCUT2D eigenvalue weighted by atomic mass is 16.2. The van der Waals surface area contributed by atoms with Crippen molar-refractivity contribution in [1.82, 2.24) is 10.6 Å². The highest BCUT2D eigenvalue weighted by Gasteiger charge is 2.12. The van der Waals surface area contributed by atoms with Crippen molar-refractivity contribution in [2.24, 2.45) is 0 Å². The molecule has 2 rings (SSSR count). The lowest BCUT2D eigenvalue weighted by Crippen LogP contribution is -2.39. The minimum absolute atomic E-state index is 0.281. The standard InChI is InChI=1S/C16H17N3O2/c1-11-5-4-6-12(9-11)10-18-16(21)19-15(20)13-7-2-3-8-14(13)17/h2-9H,10,17H2,1H3,(H2,18,19,20,21). The summed E-state index contributed by atoms with van der Waals surface area (Å²) in [6.45, 7) is 2.33. The third kappa shape index (κ3) is 4.07. The average Bonchev–Trinajstić information content (AvgIpc) is 2.45. The van der Waals surface area contributed by atoms with E-state index in [1.807, 2.05) is 31.2 Å². The molecule has 0 aliphatic heterocycles. The smallest absolute Gasteiger partial charge is 0.321 e. The number of imide groups is 1. The average molecular weight is 283 g/mol. The summed E-state index contributed by atoms with van der Waals surface area (Å²) >= 11 is 0. The van der Waals surface area contributed by atoms with Crippen molar-refractivity contribution in [3.8, 4) is 0 Å². The molecule has 3 amide bonds. The maximum absolute atomic E-state index is 11.9. The molecule has 5 heteroatoms. The highest BCUT2D eigenvalue weighted by molar-refractivity contribution is 6.07. The van der Waals surface area contributed by atoms with E-state index in [2.05, 4.69) is 10.6 Å². The van der Waals surface area contributed by atoms with Crippen LogP contribution in [0.5, 0.6) is 0 Å². The number of rotatable bonds is 3. The van der Waals surface area contributed by atoms with E-state index in [0.29, 0.717) is 12.2 Å². The van der Waals surface area contributed by atoms with Gasteiger partial charge in [-0.1, -0.05) is 42.0 Å². The molecule has 0 aliphatic rings. The lowest BCUT2D eigenvalue weighted by molar-refractivity contribution is 0.0965.